The zero-order chi connectivity index (χ0) is 9.03. The molecule has 0 atom stereocenters. The largest absolute Gasteiger partial charge is 0.466 e. The molecule has 1 fully saturated rings. The summed E-state index contributed by atoms with van der Waals surface area (Å²) in [6.45, 7) is 2.15. The summed E-state index contributed by atoms with van der Waals surface area (Å²) in [6, 6.07) is 0. The predicted octanol–water partition coefficient (Wildman–Crippen LogP) is 1.71. The lowest BCUT2D eigenvalue weighted by Crippen LogP contribution is -2.10. The van der Waals surface area contributed by atoms with Gasteiger partial charge in [-0.2, -0.15) is 0 Å². The Kier molecular flexibility index (Phi) is 3.33. The number of carbonyl (C=O) groups excluding carboxylic acids is 1. The average molecular weight is 190 g/mol. The van der Waals surface area contributed by atoms with Crippen molar-refractivity contribution >= 4 is 13.1 Å². The van der Waals surface area contributed by atoms with E-state index in [4.69, 9.17) is 4.74 Å². The molecule has 0 saturated carbocycles. The fraction of sp³-hybridized carbons (Fsp3) is 0.875. The lowest BCUT2D eigenvalue weighted by Gasteiger charge is -2.08. The van der Waals surface area contributed by atoms with Gasteiger partial charge in [0.05, 0.1) is 19.9 Å². The van der Waals surface area contributed by atoms with Crippen molar-refractivity contribution in [3.63, 3.8) is 0 Å². The smallest absolute Gasteiger partial charge is 0.313 e. The molecule has 1 aliphatic rings. The Labute approximate surface area is 72.9 Å². The van der Waals surface area contributed by atoms with Crippen LogP contribution in [0, 0.1) is 0 Å². The summed E-state index contributed by atoms with van der Waals surface area (Å²) >= 11 is 0. The lowest BCUT2D eigenvalue weighted by atomic mass is 10.4. The second-order valence-electron chi connectivity index (χ2n) is 3.18. The van der Waals surface area contributed by atoms with E-state index in [1.165, 1.54) is 0 Å². The van der Waals surface area contributed by atoms with Gasteiger partial charge in [0.2, 0.25) is 0 Å². The van der Waals surface area contributed by atoms with Gasteiger partial charge in [0.25, 0.3) is 0 Å². The Morgan fingerprint density at radius 1 is 1.42 bits per heavy atom. The summed E-state index contributed by atoms with van der Waals surface area (Å²) < 4.78 is 16.6. The van der Waals surface area contributed by atoms with E-state index in [0.717, 1.165) is 25.2 Å². The minimum absolute atomic E-state index is 0.167. The molecule has 0 spiro atoms. The van der Waals surface area contributed by atoms with Crippen molar-refractivity contribution in [2.45, 2.75) is 19.8 Å². The van der Waals surface area contributed by atoms with Crippen molar-refractivity contribution in [3.05, 3.63) is 0 Å². The van der Waals surface area contributed by atoms with Gasteiger partial charge in [-0.25, -0.2) is 0 Å². The van der Waals surface area contributed by atoms with Crippen LogP contribution in [0.3, 0.4) is 0 Å². The summed E-state index contributed by atoms with van der Waals surface area (Å²) in [5.41, 5.74) is 0. The predicted molar refractivity (Wildman–Crippen MR) is 48.1 cm³/mol. The van der Waals surface area contributed by atoms with Gasteiger partial charge in [-0.1, -0.05) is 0 Å². The molecule has 0 aromatic rings. The van der Waals surface area contributed by atoms with E-state index in [2.05, 4.69) is 0 Å². The second kappa shape index (κ2) is 4.08. The third-order valence-electron chi connectivity index (χ3n) is 2.10. The van der Waals surface area contributed by atoms with Crippen LogP contribution in [0.4, 0.5) is 0 Å². The van der Waals surface area contributed by atoms with Crippen LogP contribution in [-0.4, -0.2) is 31.1 Å². The topological polar surface area (TPSA) is 43.4 Å². The van der Waals surface area contributed by atoms with Crippen molar-refractivity contribution in [3.8, 4) is 0 Å². The SMILES string of the molecule is CCOC(=O)CP1(=O)CCCC1. The first-order chi connectivity index (χ1) is 5.66. The van der Waals surface area contributed by atoms with Crippen LogP contribution >= 0.6 is 7.14 Å². The molecule has 3 nitrogen and oxygen atoms in total. The van der Waals surface area contributed by atoms with Crippen LogP contribution in [0.15, 0.2) is 0 Å². The molecule has 0 aromatic carbocycles. The maximum atomic E-state index is 11.8. The molecule has 4 heteroatoms. The number of esters is 1. The Hall–Kier alpha value is -0.300. The molecule has 1 heterocycles. The Morgan fingerprint density at radius 3 is 2.50 bits per heavy atom. The van der Waals surface area contributed by atoms with E-state index in [0.29, 0.717) is 6.61 Å². The van der Waals surface area contributed by atoms with Crippen molar-refractivity contribution in [1.29, 1.82) is 0 Å². The monoisotopic (exact) mass is 190 g/mol. The molecular weight excluding hydrogens is 175 g/mol. The van der Waals surface area contributed by atoms with Crippen molar-refractivity contribution in [1.82, 2.24) is 0 Å². The Morgan fingerprint density at radius 2 is 2.00 bits per heavy atom. The van der Waals surface area contributed by atoms with Gasteiger partial charge < -0.3 is 9.30 Å². The highest BCUT2D eigenvalue weighted by molar-refractivity contribution is 7.65. The van der Waals surface area contributed by atoms with Gasteiger partial charge in [-0.15, -0.1) is 0 Å². The molecule has 1 rings (SSSR count). The maximum absolute atomic E-state index is 11.8. The van der Waals surface area contributed by atoms with Gasteiger partial charge in [-0.05, 0) is 19.8 Å². The highest BCUT2D eigenvalue weighted by atomic mass is 31.2. The zero-order valence-corrected chi connectivity index (χ0v) is 8.31. The molecule has 70 valence electrons. The fourth-order valence-corrected chi connectivity index (χ4v) is 4.21. The fourth-order valence-electron chi connectivity index (χ4n) is 1.51. The van der Waals surface area contributed by atoms with Crippen LogP contribution in [0.25, 0.3) is 0 Å². The number of hydrogen-bond acceptors (Lipinski definition) is 3. The average Bonchev–Trinajstić information content (AvgIpc) is 2.36. The minimum Gasteiger partial charge on any atom is -0.466 e. The molecule has 1 aliphatic heterocycles. The molecule has 0 aliphatic carbocycles. The summed E-state index contributed by atoms with van der Waals surface area (Å²) in [4.78, 5) is 11.0. The highest BCUT2D eigenvalue weighted by Gasteiger charge is 2.29. The quantitative estimate of drug-likeness (QED) is 0.502. The third kappa shape index (κ3) is 2.63. The van der Waals surface area contributed by atoms with E-state index >= 15 is 0 Å². The van der Waals surface area contributed by atoms with Crippen molar-refractivity contribution in [2.75, 3.05) is 25.1 Å². The first kappa shape index (κ1) is 9.79. The number of rotatable bonds is 3. The van der Waals surface area contributed by atoms with E-state index < -0.39 is 7.14 Å². The minimum atomic E-state index is -2.13. The summed E-state index contributed by atoms with van der Waals surface area (Å²) in [6.07, 6.45) is 3.67. The van der Waals surface area contributed by atoms with E-state index in [1.807, 2.05) is 0 Å². The molecule has 0 amide bonds. The molecule has 0 radical (unpaired) electrons. The van der Waals surface area contributed by atoms with Gasteiger partial charge in [0.15, 0.2) is 0 Å². The van der Waals surface area contributed by atoms with Gasteiger partial charge in [0.1, 0.15) is 0 Å². The molecule has 0 bridgehead atoms. The normalized spacial score (nSPS) is 20.8. The standard InChI is InChI=1S/C8H15O3P/c1-2-11-8(9)7-12(10)5-3-4-6-12/h2-7H2,1H3. The number of carbonyl (C=O) groups is 1. The maximum Gasteiger partial charge on any atom is 0.313 e. The Balaban J connectivity index is 2.39. The van der Waals surface area contributed by atoms with E-state index in [-0.39, 0.29) is 12.1 Å². The molecule has 1 saturated heterocycles. The summed E-state index contributed by atoms with van der Waals surface area (Å²) in [7, 11) is -2.13. The molecule has 0 N–H and O–H groups in total. The molecule has 12 heavy (non-hydrogen) atoms. The van der Waals surface area contributed by atoms with Crippen LogP contribution in [-0.2, 0) is 14.1 Å². The Bertz CT molecular complexity index is 202. The first-order valence-corrected chi connectivity index (χ1v) is 6.65. The lowest BCUT2D eigenvalue weighted by molar-refractivity contribution is -0.140. The highest BCUT2D eigenvalue weighted by Crippen LogP contribution is 2.51. The van der Waals surface area contributed by atoms with Crippen molar-refractivity contribution < 1.29 is 14.1 Å². The van der Waals surface area contributed by atoms with Crippen molar-refractivity contribution in [2.24, 2.45) is 0 Å². The summed E-state index contributed by atoms with van der Waals surface area (Å²) in [5, 5.41) is 0. The zero-order valence-electron chi connectivity index (χ0n) is 7.41. The van der Waals surface area contributed by atoms with Crippen LogP contribution in [0.1, 0.15) is 19.8 Å². The van der Waals surface area contributed by atoms with Gasteiger partial charge in [-0.3, -0.25) is 4.79 Å². The van der Waals surface area contributed by atoms with Gasteiger partial charge in [0, 0.05) is 12.3 Å². The number of ether oxygens (including phenoxy) is 1. The van der Waals surface area contributed by atoms with Gasteiger partial charge >= 0.3 is 5.97 Å². The van der Waals surface area contributed by atoms with Crippen LogP contribution in [0.2, 0.25) is 0 Å². The third-order valence-corrected chi connectivity index (χ3v) is 5.20. The molecule has 0 aromatic heterocycles. The second-order valence-corrected chi connectivity index (χ2v) is 6.50. The summed E-state index contributed by atoms with van der Waals surface area (Å²) in [5.74, 6) is -0.289. The molecule has 0 unspecified atom stereocenters. The van der Waals surface area contributed by atoms with E-state index in [9.17, 15) is 9.36 Å². The van der Waals surface area contributed by atoms with Crippen LogP contribution < -0.4 is 0 Å². The molecular formula is C8H15O3P. The number of hydrogen-bond donors (Lipinski definition) is 0. The first-order valence-electron chi connectivity index (χ1n) is 4.39. The van der Waals surface area contributed by atoms with Crippen LogP contribution in [0.5, 0.6) is 0 Å². The van der Waals surface area contributed by atoms with E-state index in [1.54, 1.807) is 6.92 Å².